The molecule has 0 atom stereocenters. The van der Waals surface area contributed by atoms with Gasteiger partial charge in [-0.1, -0.05) is 41.9 Å². The highest BCUT2D eigenvalue weighted by molar-refractivity contribution is 7.89. The van der Waals surface area contributed by atoms with Crippen molar-refractivity contribution >= 4 is 27.5 Å². The maximum absolute atomic E-state index is 12.7. The summed E-state index contributed by atoms with van der Waals surface area (Å²) < 4.78 is 26.7. The topological polar surface area (TPSA) is 88.6 Å². The Morgan fingerprint density at radius 1 is 1.19 bits per heavy atom. The summed E-state index contributed by atoms with van der Waals surface area (Å²) in [5, 5.41) is -0.0494. The first kappa shape index (κ1) is 19.8. The number of piperidine rings is 1. The summed E-state index contributed by atoms with van der Waals surface area (Å²) >= 11 is 5.92. The van der Waals surface area contributed by atoms with E-state index in [4.69, 9.17) is 16.4 Å². The van der Waals surface area contributed by atoms with Crippen molar-refractivity contribution < 1.29 is 18.0 Å². The number of benzene rings is 1. The van der Waals surface area contributed by atoms with Crippen LogP contribution in [0.15, 0.2) is 53.6 Å². The number of hydrogen-bond acceptors (Lipinski definition) is 5. The van der Waals surface area contributed by atoms with Gasteiger partial charge in [-0.05, 0) is 30.5 Å². The Morgan fingerprint density at radius 2 is 1.89 bits per heavy atom. The van der Waals surface area contributed by atoms with E-state index in [0.717, 1.165) is 5.56 Å². The Bertz CT molecular complexity index is 884. The molecule has 9 heteroatoms. The Labute approximate surface area is 163 Å². The van der Waals surface area contributed by atoms with E-state index in [9.17, 15) is 13.2 Å². The van der Waals surface area contributed by atoms with Crippen molar-refractivity contribution in [2.45, 2.75) is 24.3 Å². The van der Waals surface area contributed by atoms with Gasteiger partial charge in [0, 0.05) is 25.2 Å². The Morgan fingerprint density at radius 3 is 2.56 bits per heavy atom. The highest BCUT2D eigenvalue weighted by Crippen LogP contribution is 2.27. The number of sulfonamides is 1. The van der Waals surface area contributed by atoms with Gasteiger partial charge >= 0.3 is 0 Å². The van der Waals surface area contributed by atoms with Gasteiger partial charge in [-0.25, -0.2) is 18.9 Å². The van der Waals surface area contributed by atoms with E-state index < -0.39 is 10.0 Å². The van der Waals surface area contributed by atoms with E-state index in [1.165, 1.54) is 22.6 Å². The van der Waals surface area contributed by atoms with Crippen molar-refractivity contribution in [3.63, 3.8) is 0 Å². The average molecular weight is 410 g/mol. The maximum Gasteiger partial charge on any atom is 0.246 e. The van der Waals surface area contributed by atoms with Gasteiger partial charge in [-0.3, -0.25) is 9.63 Å². The molecule has 0 radical (unpaired) electrons. The minimum absolute atomic E-state index is 0.0132. The van der Waals surface area contributed by atoms with Crippen molar-refractivity contribution in [1.29, 1.82) is 0 Å². The van der Waals surface area contributed by atoms with Crippen LogP contribution < -0.4 is 5.48 Å². The Kier molecular flexibility index (Phi) is 6.43. The number of rotatable bonds is 6. The largest absolute Gasteiger partial charge is 0.272 e. The summed E-state index contributed by atoms with van der Waals surface area (Å²) in [5.41, 5.74) is 3.41. The molecule has 1 aliphatic heterocycles. The summed E-state index contributed by atoms with van der Waals surface area (Å²) in [6.07, 6.45) is 2.27. The molecule has 1 fully saturated rings. The van der Waals surface area contributed by atoms with Crippen LogP contribution in [0.4, 0.5) is 0 Å². The highest BCUT2D eigenvalue weighted by atomic mass is 35.5. The van der Waals surface area contributed by atoms with Gasteiger partial charge in [0.15, 0.2) is 0 Å². The van der Waals surface area contributed by atoms with Crippen molar-refractivity contribution in [3.8, 4) is 0 Å². The molecule has 1 amide bonds. The van der Waals surface area contributed by atoms with E-state index in [-0.39, 0.29) is 41.6 Å². The van der Waals surface area contributed by atoms with Crippen LogP contribution in [-0.4, -0.2) is 36.7 Å². The second kappa shape index (κ2) is 8.79. The van der Waals surface area contributed by atoms with Crippen LogP contribution in [0.3, 0.4) is 0 Å². The van der Waals surface area contributed by atoms with Crippen LogP contribution in [0.2, 0.25) is 5.15 Å². The molecule has 144 valence electrons. The van der Waals surface area contributed by atoms with E-state index >= 15 is 0 Å². The molecule has 2 heterocycles. The number of nitrogens with zero attached hydrogens (tertiary/aromatic N) is 2. The van der Waals surface area contributed by atoms with Gasteiger partial charge in [-0.2, -0.15) is 4.31 Å². The third-order valence-electron chi connectivity index (χ3n) is 4.42. The summed E-state index contributed by atoms with van der Waals surface area (Å²) in [4.78, 5) is 21.3. The predicted octanol–water partition coefficient (Wildman–Crippen LogP) is 2.38. The van der Waals surface area contributed by atoms with Crippen LogP contribution in [0.1, 0.15) is 18.4 Å². The van der Waals surface area contributed by atoms with Gasteiger partial charge in [0.2, 0.25) is 15.9 Å². The highest BCUT2D eigenvalue weighted by Gasteiger charge is 2.33. The minimum Gasteiger partial charge on any atom is -0.272 e. The molecule has 0 aliphatic carbocycles. The van der Waals surface area contributed by atoms with Gasteiger partial charge in [0.1, 0.15) is 10.0 Å². The standard InChI is InChI=1S/C18H20ClN3O4S/c19-17-16(7-4-10-20-17)27(24,25)22-11-8-15(9-12-22)18(23)21-26-13-14-5-2-1-3-6-14/h1-7,10,15H,8-9,11-13H2,(H,21,23). The van der Waals surface area contributed by atoms with Crippen LogP contribution in [-0.2, 0) is 26.3 Å². The number of amides is 1. The zero-order valence-electron chi connectivity index (χ0n) is 14.5. The molecule has 2 aromatic rings. The molecule has 0 saturated carbocycles. The molecule has 3 rings (SSSR count). The van der Waals surface area contributed by atoms with Crippen molar-refractivity contribution in [2.75, 3.05) is 13.1 Å². The fraction of sp³-hybridized carbons (Fsp3) is 0.333. The molecule has 1 N–H and O–H groups in total. The van der Waals surface area contributed by atoms with Crippen molar-refractivity contribution in [3.05, 3.63) is 59.4 Å². The normalized spacial score (nSPS) is 16.2. The lowest BCUT2D eigenvalue weighted by atomic mass is 9.98. The fourth-order valence-electron chi connectivity index (χ4n) is 2.91. The predicted molar refractivity (Wildman–Crippen MR) is 100 cm³/mol. The Hall–Kier alpha value is -2.00. The number of carbonyl (C=O) groups excluding carboxylic acids is 1. The molecule has 0 bridgehead atoms. The quantitative estimate of drug-likeness (QED) is 0.584. The molecule has 1 aromatic heterocycles. The molecule has 0 spiro atoms. The van der Waals surface area contributed by atoms with Crippen LogP contribution in [0, 0.1) is 5.92 Å². The second-order valence-electron chi connectivity index (χ2n) is 6.21. The first-order valence-corrected chi connectivity index (χ1v) is 10.4. The number of hydrogen-bond donors (Lipinski definition) is 1. The summed E-state index contributed by atoms with van der Waals surface area (Å²) in [6.45, 7) is 0.758. The number of pyridine rings is 1. The fourth-order valence-corrected chi connectivity index (χ4v) is 4.81. The van der Waals surface area contributed by atoms with Gasteiger partial charge in [0.25, 0.3) is 0 Å². The number of nitrogens with one attached hydrogen (secondary N) is 1. The smallest absolute Gasteiger partial charge is 0.246 e. The zero-order valence-corrected chi connectivity index (χ0v) is 16.1. The second-order valence-corrected chi connectivity index (χ2v) is 8.48. The van der Waals surface area contributed by atoms with Gasteiger partial charge in [0.05, 0.1) is 6.61 Å². The molecular formula is C18H20ClN3O4S. The van der Waals surface area contributed by atoms with E-state index in [1.54, 1.807) is 0 Å². The molecule has 0 unspecified atom stereocenters. The molecule has 7 nitrogen and oxygen atoms in total. The maximum atomic E-state index is 12.7. The summed E-state index contributed by atoms with van der Waals surface area (Å²) in [7, 11) is -3.72. The van der Waals surface area contributed by atoms with Crippen LogP contribution >= 0.6 is 11.6 Å². The number of halogens is 1. The summed E-state index contributed by atoms with van der Waals surface area (Å²) in [5.74, 6) is -0.529. The van der Waals surface area contributed by atoms with E-state index in [2.05, 4.69) is 10.5 Å². The lowest BCUT2D eigenvalue weighted by Crippen LogP contribution is -2.43. The molecular weight excluding hydrogens is 390 g/mol. The van der Waals surface area contributed by atoms with E-state index in [1.807, 2.05) is 30.3 Å². The van der Waals surface area contributed by atoms with E-state index in [0.29, 0.717) is 12.8 Å². The third-order valence-corrected chi connectivity index (χ3v) is 6.77. The number of hydroxylamine groups is 1. The first-order valence-electron chi connectivity index (χ1n) is 8.54. The minimum atomic E-state index is -3.72. The lowest BCUT2D eigenvalue weighted by Gasteiger charge is -2.30. The SMILES string of the molecule is O=C(NOCc1ccccc1)C1CCN(S(=O)(=O)c2cccnc2Cl)CC1. The van der Waals surface area contributed by atoms with Crippen molar-refractivity contribution in [1.82, 2.24) is 14.8 Å². The lowest BCUT2D eigenvalue weighted by molar-refractivity contribution is -0.140. The molecule has 27 heavy (non-hydrogen) atoms. The Balaban J connectivity index is 1.51. The summed E-state index contributed by atoms with van der Waals surface area (Å²) in [6, 6.07) is 12.5. The third kappa shape index (κ3) is 4.84. The first-order chi connectivity index (χ1) is 13.0. The van der Waals surface area contributed by atoms with Crippen LogP contribution in [0.25, 0.3) is 0 Å². The van der Waals surface area contributed by atoms with Gasteiger partial charge < -0.3 is 0 Å². The zero-order chi connectivity index (χ0) is 19.3. The number of aromatic nitrogens is 1. The van der Waals surface area contributed by atoms with Gasteiger partial charge in [-0.15, -0.1) is 0 Å². The van der Waals surface area contributed by atoms with Crippen LogP contribution in [0.5, 0.6) is 0 Å². The monoisotopic (exact) mass is 409 g/mol. The average Bonchev–Trinajstić information content (AvgIpc) is 2.69. The molecule has 1 saturated heterocycles. The van der Waals surface area contributed by atoms with Crippen molar-refractivity contribution in [2.24, 2.45) is 5.92 Å². The molecule has 1 aromatic carbocycles. The molecule has 1 aliphatic rings. The number of carbonyl (C=O) groups is 1.